The minimum absolute atomic E-state index is 0.0819. The molecule has 0 aliphatic heterocycles. The van der Waals surface area contributed by atoms with Gasteiger partial charge in [-0.2, -0.15) is 0 Å². The molecule has 0 fully saturated rings. The van der Waals surface area contributed by atoms with Crippen LogP contribution in [0, 0.1) is 12.7 Å². The highest BCUT2D eigenvalue weighted by molar-refractivity contribution is 7.93. The molecule has 0 spiro atoms. The molecule has 2 aromatic rings. The predicted octanol–water partition coefficient (Wildman–Crippen LogP) is 3.54. The summed E-state index contributed by atoms with van der Waals surface area (Å²) in [5.41, 5.74) is 3.25. The van der Waals surface area contributed by atoms with Gasteiger partial charge in [0.05, 0.1) is 4.91 Å². The van der Waals surface area contributed by atoms with E-state index in [0.717, 1.165) is 11.1 Å². The van der Waals surface area contributed by atoms with Crippen molar-refractivity contribution in [3.05, 3.63) is 75.4 Å². The third kappa shape index (κ3) is 3.51. The van der Waals surface area contributed by atoms with Crippen LogP contribution in [0.1, 0.15) is 28.7 Å². The number of hydrogen-bond donors (Lipinski definition) is 1. The lowest BCUT2D eigenvalue weighted by Crippen LogP contribution is -2.25. The van der Waals surface area contributed by atoms with E-state index in [4.69, 9.17) is 0 Å². The molecule has 120 valence electrons. The Morgan fingerprint density at radius 2 is 1.91 bits per heavy atom. The molecule has 3 rings (SSSR count). The number of halogens is 1. The number of rotatable bonds is 4. The fourth-order valence-electron chi connectivity index (χ4n) is 2.64. The van der Waals surface area contributed by atoms with Gasteiger partial charge in [-0.15, -0.1) is 0 Å². The molecule has 0 unspecified atom stereocenters. The number of benzene rings is 2. The van der Waals surface area contributed by atoms with Crippen molar-refractivity contribution in [2.24, 2.45) is 0 Å². The molecule has 23 heavy (non-hydrogen) atoms. The number of sulfonamides is 1. The van der Waals surface area contributed by atoms with E-state index in [1.165, 1.54) is 6.07 Å². The molecule has 0 atom stereocenters. The number of nitrogens with one attached hydrogen (secondary N) is 1. The first kappa shape index (κ1) is 15.9. The molecule has 1 aliphatic rings. The zero-order valence-electron chi connectivity index (χ0n) is 12.8. The normalized spacial score (nSPS) is 14.3. The van der Waals surface area contributed by atoms with Gasteiger partial charge in [0, 0.05) is 6.54 Å². The molecule has 3 nitrogen and oxygen atoms in total. The molecule has 0 saturated heterocycles. The molecule has 5 heteroatoms. The molecule has 0 heterocycles. The van der Waals surface area contributed by atoms with Crippen LogP contribution in [0.2, 0.25) is 0 Å². The summed E-state index contributed by atoms with van der Waals surface area (Å²) in [7, 11) is -3.56. The van der Waals surface area contributed by atoms with E-state index >= 15 is 0 Å². The molecule has 0 radical (unpaired) electrons. The Labute approximate surface area is 135 Å². The van der Waals surface area contributed by atoms with Crippen LogP contribution >= 0.6 is 0 Å². The van der Waals surface area contributed by atoms with E-state index in [-0.39, 0.29) is 12.4 Å². The zero-order valence-corrected chi connectivity index (χ0v) is 13.7. The van der Waals surface area contributed by atoms with Crippen molar-refractivity contribution in [2.75, 3.05) is 0 Å². The van der Waals surface area contributed by atoms with E-state index < -0.39 is 10.0 Å². The number of aryl methyl sites for hydroxylation is 2. The van der Waals surface area contributed by atoms with Crippen LogP contribution in [0.3, 0.4) is 0 Å². The van der Waals surface area contributed by atoms with Gasteiger partial charge in [-0.1, -0.05) is 36.4 Å². The van der Waals surface area contributed by atoms with Crippen LogP contribution < -0.4 is 4.72 Å². The largest absolute Gasteiger partial charge is 0.237 e. The van der Waals surface area contributed by atoms with Gasteiger partial charge in [0.15, 0.2) is 0 Å². The van der Waals surface area contributed by atoms with Gasteiger partial charge in [-0.25, -0.2) is 17.5 Å². The Bertz CT molecular complexity index is 872. The van der Waals surface area contributed by atoms with Crippen molar-refractivity contribution < 1.29 is 12.8 Å². The number of fused-ring (bicyclic) bond motifs is 1. The van der Waals surface area contributed by atoms with Crippen LogP contribution in [0.15, 0.2) is 47.4 Å². The van der Waals surface area contributed by atoms with Gasteiger partial charge in [-0.05, 0) is 54.2 Å². The Balaban J connectivity index is 1.77. The average Bonchev–Trinajstić information content (AvgIpc) is 2.55. The standard InChI is InChI=1S/C18H18FNO2S/c1-13-6-7-14(10-18(13)19)12-20-23(21,22)17-9-8-15-4-2-3-5-16(15)11-17/h2-7,10-11,20H,8-9,12H2,1H3. The summed E-state index contributed by atoms with van der Waals surface area (Å²) in [6, 6.07) is 12.5. The Morgan fingerprint density at radius 3 is 2.70 bits per heavy atom. The predicted molar refractivity (Wildman–Crippen MR) is 89.6 cm³/mol. The smallest absolute Gasteiger partial charge is 0.207 e. The molecule has 0 amide bonds. The highest BCUT2D eigenvalue weighted by Crippen LogP contribution is 2.26. The van der Waals surface area contributed by atoms with Crippen molar-refractivity contribution in [2.45, 2.75) is 26.3 Å². The summed E-state index contributed by atoms with van der Waals surface area (Å²) in [4.78, 5) is 0.379. The maximum absolute atomic E-state index is 13.5. The fourth-order valence-corrected chi connectivity index (χ4v) is 3.83. The molecule has 1 aliphatic carbocycles. The second-order valence-electron chi connectivity index (χ2n) is 5.72. The SMILES string of the molecule is Cc1ccc(CNS(=O)(=O)C2=Cc3ccccc3CC2)cc1F. The van der Waals surface area contributed by atoms with E-state index in [1.807, 2.05) is 24.3 Å². The minimum Gasteiger partial charge on any atom is -0.207 e. The van der Waals surface area contributed by atoms with Crippen LogP contribution in [0.25, 0.3) is 6.08 Å². The van der Waals surface area contributed by atoms with Gasteiger partial charge >= 0.3 is 0 Å². The van der Waals surface area contributed by atoms with E-state index in [0.29, 0.717) is 28.9 Å². The Morgan fingerprint density at radius 1 is 1.13 bits per heavy atom. The maximum Gasteiger partial charge on any atom is 0.237 e. The summed E-state index contributed by atoms with van der Waals surface area (Å²) in [5.74, 6) is -0.326. The first-order valence-corrected chi connectivity index (χ1v) is 8.97. The van der Waals surface area contributed by atoms with E-state index in [9.17, 15) is 12.8 Å². The van der Waals surface area contributed by atoms with Crippen LogP contribution in [0.5, 0.6) is 0 Å². The third-order valence-electron chi connectivity index (χ3n) is 4.06. The Kier molecular flexibility index (Phi) is 4.33. The van der Waals surface area contributed by atoms with Crippen LogP contribution in [0.4, 0.5) is 4.39 Å². The highest BCUT2D eigenvalue weighted by Gasteiger charge is 2.21. The molecule has 0 aromatic heterocycles. The van der Waals surface area contributed by atoms with Gasteiger partial charge in [-0.3, -0.25) is 0 Å². The van der Waals surface area contributed by atoms with E-state index in [1.54, 1.807) is 25.1 Å². The molecule has 2 aromatic carbocycles. The average molecular weight is 331 g/mol. The number of hydrogen-bond acceptors (Lipinski definition) is 2. The summed E-state index contributed by atoms with van der Waals surface area (Å²) in [5, 5.41) is 0. The summed E-state index contributed by atoms with van der Waals surface area (Å²) in [6.07, 6.45) is 2.91. The fraction of sp³-hybridized carbons (Fsp3) is 0.222. The molecule has 1 N–H and O–H groups in total. The van der Waals surface area contributed by atoms with E-state index in [2.05, 4.69) is 4.72 Å². The van der Waals surface area contributed by atoms with Gasteiger partial charge < -0.3 is 0 Å². The van der Waals surface area contributed by atoms with Gasteiger partial charge in [0.1, 0.15) is 5.82 Å². The minimum atomic E-state index is -3.56. The monoisotopic (exact) mass is 331 g/mol. The van der Waals surface area contributed by atoms with Crippen molar-refractivity contribution in [1.82, 2.24) is 4.72 Å². The lowest BCUT2D eigenvalue weighted by Gasteiger charge is -2.17. The second-order valence-corrected chi connectivity index (χ2v) is 7.54. The van der Waals surface area contributed by atoms with Gasteiger partial charge in [0.25, 0.3) is 0 Å². The highest BCUT2D eigenvalue weighted by atomic mass is 32.2. The summed E-state index contributed by atoms with van der Waals surface area (Å²) < 4.78 is 41.0. The molecular weight excluding hydrogens is 313 g/mol. The first-order chi connectivity index (χ1) is 11.0. The quantitative estimate of drug-likeness (QED) is 0.931. The lowest BCUT2D eigenvalue weighted by molar-refractivity contribution is 0.584. The summed E-state index contributed by atoms with van der Waals surface area (Å²) in [6.45, 7) is 1.76. The lowest BCUT2D eigenvalue weighted by atomic mass is 9.98. The van der Waals surface area contributed by atoms with Gasteiger partial charge in [0.2, 0.25) is 10.0 Å². The van der Waals surface area contributed by atoms with Crippen molar-refractivity contribution in [1.29, 1.82) is 0 Å². The topological polar surface area (TPSA) is 46.2 Å². The Hall–Kier alpha value is -1.98. The second kappa shape index (κ2) is 6.26. The third-order valence-corrected chi connectivity index (χ3v) is 5.60. The molecular formula is C18H18FNO2S. The molecule has 0 saturated carbocycles. The summed E-state index contributed by atoms with van der Waals surface area (Å²) >= 11 is 0. The van der Waals surface area contributed by atoms with Crippen molar-refractivity contribution in [3.8, 4) is 0 Å². The van der Waals surface area contributed by atoms with Crippen molar-refractivity contribution >= 4 is 16.1 Å². The van der Waals surface area contributed by atoms with Crippen LogP contribution in [-0.4, -0.2) is 8.42 Å². The van der Waals surface area contributed by atoms with Crippen molar-refractivity contribution in [3.63, 3.8) is 0 Å². The molecule has 0 bridgehead atoms. The number of allylic oxidation sites excluding steroid dienone is 1. The zero-order chi connectivity index (χ0) is 16.4. The first-order valence-electron chi connectivity index (χ1n) is 7.49. The van der Waals surface area contributed by atoms with Crippen LogP contribution in [-0.2, 0) is 23.0 Å². The maximum atomic E-state index is 13.5.